The predicted octanol–water partition coefficient (Wildman–Crippen LogP) is 3.18. The topological polar surface area (TPSA) is 43.3 Å². The van der Waals surface area contributed by atoms with Crippen molar-refractivity contribution in [3.05, 3.63) is 46.6 Å². The van der Waals surface area contributed by atoms with Crippen molar-refractivity contribution in [3.8, 4) is 11.3 Å². The highest BCUT2D eigenvalue weighted by Gasteiger charge is 2.14. The Morgan fingerprint density at radius 1 is 1.21 bits per heavy atom. The molecule has 4 heteroatoms. The minimum absolute atomic E-state index is 0.651. The number of nitrogens with zero attached hydrogens (tertiary/aromatic N) is 2. The Morgan fingerprint density at radius 2 is 1.95 bits per heavy atom. The van der Waals surface area contributed by atoms with Gasteiger partial charge in [-0.05, 0) is 26.0 Å². The molecule has 0 saturated carbocycles. The van der Waals surface area contributed by atoms with Crippen LogP contribution in [0, 0.1) is 13.8 Å². The summed E-state index contributed by atoms with van der Waals surface area (Å²) >= 11 is 1.68. The van der Waals surface area contributed by atoms with Crippen LogP contribution in [-0.4, -0.2) is 15.9 Å². The van der Waals surface area contributed by atoms with Gasteiger partial charge in [-0.15, -0.1) is 11.3 Å². The van der Waals surface area contributed by atoms with Gasteiger partial charge in [0, 0.05) is 17.5 Å². The van der Waals surface area contributed by atoms with Crippen LogP contribution < -0.4 is 5.73 Å². The number of aryl methyl sites for hydroxylation is 2. The lowest BCUT2D eigenvalue weighted by molar-refractivity contribution is 0.899. The van der Waals surface area contributed by atoms with Crippen molar-refractivity contribution in [3.63, 3.8) is 0 Å². The number of thiazole rings is 1. The molecule has 98 valence electrons. The molecule has 3 aromatic rings. The van der Waals surface area contributed by atoms with E-state index in [9.17, 15) is 0 Å². The maximum atomic E-state index is 5.72. The summed E-state index contributed by atoms with van der Waals surface area (Å²) in [6, 6.07) is 8.62. The van der Waals surface area contributed by atoms with Gasteiger partial charge in [0.25, 0.3) is 0 Å². The van der Waals surface area contributed by atoms with E-state index in [0.717, 1.165) is 17.1 Å². The van der Waals surface area contributed by atoms with Crippen LogP contribution in [0.1, 0.15) is 17.0 Å². The molecule has 3 rings (SSSR count). The SMILES string of the molecule is Cc1ccc(-c2csc3nc(C)c(CCN)n23)cc1. The van der Waals surface area contributed by atoms with E-state index in [1.807, 2.05) is 0 Å². The molecule has 0 fully saturated rings. The predicted molar refractivity (Wildman–Crippen MR) is 80.7 cm³/mol. The van der Waals surface area contributed by atoms with Crippen molar-refractivity contribution >= 4 is 16.3 Å². The zero-order valence-corrected chi connectivity index (χ0v) is 12.0. The Bertz CT molecular complexity index is 707. The van der Waals surface area contributed by atoms with Crippen molar-refractivity contribution in [1.82, 2.24) is 9.38 Å². The van der Waals surface area contributed by atoms with Gasteiger partial charge < -0.3 is 5.73 Å². The van der Waals surface area contributed by atoms with Gasteiger partial charge in [0.15, 0.2) is 4.96 Å². The number of imidazole rings is 1. The Labute approximate surface area is 116 Å². The fraction of sp³-hybridized carbons (Fsp3) is 0.267. The maximum absolute atomic E-state index is 5.72. The van der Waals surface area contributed by atoms with Crippen molar-refractivity contribution in [2.75, 3.05) is 6.54 Å². The fourth-order valence-electron chi connectivity index (χ4n) is 2.37. The number of aromatic nitrogens is 2. The van der Waals surface area contributed by atoms with Crippen LogP contribution in [0.15, 0.2) is 29.6 Å². The summed E-state index contributed by atoms with van der Waals surface area (Å²) in [6.07, 6.45) is 0.864. The highest BCUT2D eigenvalue weighted by molar-refractivity contribution is 7.15. The Balaban J connectivity index is 2.21. The average molecular weight is 271 g/mol. The van der Waals surface area contributed by atoms with E-state index in [-0.39, 0.29) is 0 Å². The second kappa shape index (κ2) is 4.79. The molecule has 0 unspecified atom stereocenters. The molecule has 0 bridgehead atoms. The van der Waals surface area contributed by atoms with Gasteiger partial charge in [0.2, 0.25) is 0 Å². The zero-order valence-electron chi connectivity index (χ0n) is 11.2. The average Bonchev–Trinajstić information content (AvgIpc) is 2.92. The van der Waals surface area contributed by atoms with E-state index in [4.69, 9.17) is 5.73 Å². The van der Waals surface area contributed by atoms with Gasteiger partial charge in [-0.25, -0.2) is 4.98 Å². The molecule has 1 aromatic carbocycles. The summed E-state index contributed by atoms with van der Waals surface area (Å²) in [5.41, 5.74) is 11.8. The zero-order chi connectivity index (χ0) is 13.4. The lowest BCUT2D eigenvalue weighted by Gasteiger charge is -2.05. The molecule has 0 radical (unpaired) electrons. The van der Waals surface area contributed by atoms with Gasteiger partial charge >= 0.3 is 0 Å². The van der Waals surface area contributed by atoms with Crippen LogP contribution in [0.4, 0.5) is 0 Å². The minimum atomic E-state index is 0.651. The van der Waals surface area contributed by atoms with Crippen LogP contribution in [0.2, 0.25) is 0 Å². The smallest absolute Gasteiger partial charge is 0.194 e. The lowest BCUT2D eigenvalue weighted by atomic mass is 10.1. The molecule has 0 saturated heterocycles. The number of benzene rings is 1. The molecule has 2 aromatic heterocycles. The Kier molecular flexibility index (Phi) is 3.12. The van der Waals surface area contributed by atoms with E-state index < -0.39 is 0 Å². The molecule has 0 atom stereocenters. The number of hydrogen-bond acceptors (Lipinski definition) is 3. The third kappa shape index (κ3) is 2.07. The fourth-order valence-corrected chi connectivity index (χ4v) is 3.34. The molecule has 2 N–H and O–H groups in total. The summed E-state index contributed by atoms with van der Waals surface area (Å²) in [4.78, 5) is 5.67. The van der Waals surface area contributed by atoms with Gasteiger partial charge in [0.05, 0.1) is 11.4 Å². The Morgan fingerprint density at radius 3 is 2.63 bits per heavy atom. The van der Waals surface area contributed by atoms with Crippen LogP contribution in [0.3, 0.4) is 0 Å². The molecule has 2 heterocycles. The summed E-state index contributed by atoms with van der Waals surface area (Å²) in [5.74, 6) is 0. The van der Waals surface area contributed by atoms with E-state index in [1.54, 1.807) is 11.3 Å². The normalized spacial score (nSPS) is 11.3. The first kappa shape index (κ1) is 12.4. The van der Waals surface area contributed by atoms with Gasteiger partial charge in [-0.3, -0.25) is 4.40 Å². The first-order chi connectivity index (χ1) is 9.20. The highest BCUT2D eigenvalue weighted by Crippen LogP contribution is 2.29. The summed E-state index contributed by atoms with van der Waals surface area (Å²) < 4.78 is 2.25. The van der Waals surface area contributed by atoms with Crippen LogP contribution in [-0.2, 0) is 6.42 Å². The quantitative estimate of drug-likeness (QED) is 0.795. The third-order valence-electron chi connectivity index (χ3n) is 3.39. The second-order valence-corrected chi connectivity index (χ2v) is 5.62. The standard InChI is InChI=1S/C15H17N3S/c1-10-3-5-12(6-4-10)14-9-19-15-17-11(2)13(7-8-16)18(14)15/h3-6,9H,7-8,16H2,1-2H3. The summed E-state index contributed by atoms with van der Waals surface area (Å²) in [7, 11) is 0. The maximum Gasteiger partial charge on any atom is 0.194 e. The number of fused-ring (bicyclic) bond motifs is 1. The van der Waals surface area contributed by atoms with Gasteiger partial charge in [0.1, 0.15) is 0 Å². The van der Waals surface area contributed by atoms with E-state index in [1.165, 1.54) is 22.5 Å². The molecule has 19 heavy (non-hydrogen) atoms. The minimum Gasteiger partial charge on any atom is -0.330 e. The summed E-state index contributed by atoms with van der Waals surface area (Å²) in [5, 5.41) is 2.17. The van der Waals surface area contributed by atoms with E-state index >= 15 is 0 Å². The van der Waals surface area contributed by atoms with Crippen LogP contribution >= 0.6 is 11.3 Å². The van der Waals surface area contributed by atoms with Crippen molar-refractivity contribution in [1.29, 1.82) is 0 Å². The molecule has 0 aliphatic heterocycles. The van der Waals surface area contributed by atoms with Gasteiger partial charge in [-0.2, -0.15) is 0 Å². The van der Waals surface area contributed by atoms with E-state index in [2.05, 4.69) is 52.9 Å². The third-order valence-corrected chi connectivity index (χ3v) is 4.21. The molecule has 0 aliphatic carbocycles. The molecule has 0 aliphatic rings. The monoisotopic (exact) mass is 271 g/mol. The molecule has 0 amide bonds. The lowest BCUT2D eigenvalue weighted by Crippen LogP contribution is -2.06. The van der Waals surface area contributed by atoms with Crippen LogP contribution in [0.25, 0.3) is 16.2 Å². The first-order valence-electron chi connectivity index (χ1n) is 6.43. The van der Waals surface area contributed by atoms with Crippen LogP contribution in [0.5, 0.6) is 0 Å². The number of nitrogens with two attached hydrogens (primary N) is 1. The molecular formula is C15H17N3S. The Hall–Kier alpha value is -1.65. The number of rotatable bonds is 3. The first-order valence-corrected chi connectivity index (χ1v) is 7.31. The number of hydrogen-bond donors (Lipinski definition) is 1. The summed E-state index contributed by atoms with van der Waals surface area (Å²) in [6.45, 7) is 4.82. The largest absolute Gasteiger partial charge is 0.330 e. The highest BCUT2D eigenvalue weighted by atomic mass is 32.1. The second-order valence-electron chi connectivity index (χ2n) is 4.79. The van der Waals surface area contributed by atoms with Crippen molar-refractivity contribution in [2.45, 2.75) is 20.3 Å². The molecule has 0 spiro atoms. The molecular weight excluding hydrogens is 254 g/mol. The van der Waals surface area contributed by atoms with Gasteiger partial charge in [-0.1, -0.05) is 29.8 Å². The molecule has 3 nitrogen and oxygen atoms in total. The van der Waals surface area contributed by atoms with Crippen molar-refractivity contribution in [2.24, 2.45) is 5.73 Å². The van der Waals surface area contributed by atoms with Crippen molar-refractivity contribution < 1.29 is 0 Å². The van der Waals surface area contributed by atoms with E-state index in [0.29, 0.717) is 6.54 Å².